The molecule has 0 saturated heterocycles. The summed E-state index contributed by atoms with van der Waals surface area (Å²) in [6.45, 7) is 1.78. The van der Waals surface area contributed by atoms with E-state index in [1.807, 2.05) is 12.1 Å². The van der Waals surface area contributed by atoms with Crippen molar-refractivity contribution >= 4 is 22.5 Å². The van der Waals surface area contributed by atoms with Crippen molar-refractivity contribution in [3.8, 4) is 0 Å². The van der Waals surface area contributed by atoms with E-state index in [0.29, 0.717) is 11.1 Å². The maximum absolute atomic E-state index is 12.5. The molecule has 0 unspecified atom stereocenters. The molecule has 122 valence electrons. The molecule has 24 heavy (non-hydrogen) atoms. The maximum Gasteiger partial charge on any atom is 0.433 e. The van der Waals surface area contributed by atoms with Crippen molar-refractivity contribution in [2.24, 2.45) is 0 Å². The lowest BCUT2D eigenvalue weighted by Crippen LogP contribution is -2.14. The summed E-state index contributed by atoms with van der Waals surface area (Å²) in [5.74, 6) is -0.429. The van der Waals surface area contributed by atoms with Crippen LogP contribution in [0.4, 0.5) is 18.9 Å². The van der Waals surface area contributed by atoms with Crippen molar-refractivity contribution in [2.45, 2.75) is 13.1 Å². The molecule has 0 atom stereocenters. The van der Waals surface area contributed by atoms with Crippen LogP contribution in [0.15, 0.2) is 48.8 Å². The van der Waals surface area contributed by atoms with E-state index in [2.05, 4.69) is 15.3 Å². The predicted octanol–water partition coefficient (Wildman–Crippen LogP) is 4.21. The molecular formula is C17H12F3N3O. The second-order valence-electron chi connectivity index (χ2n) is 5.25. The number of benzene rings is 1. The van der Waals surface area contributed by atoms with Crippen molar-refractivity contribution in [1.82, 2.24) is 9.97 Å². The summed E-state index contributed by atoms with van der Waals surface area (Å²) in [6, 6.07) is 9.17. The van der Waals surface area contributed by atoms with Gasteiger partial charge >= 0.3 is 6.18 Å². The third-order valence-electron chi connectivity index (χ3n) is 3.51. The Labute approximate surface area is 135 Å². The highest BCUT2D eigenvalue weighted by Gasteiger charge is 2.32. The number of alkyl halides is 3. The molecule has 0 radical (unpaired) electrons. The number of aryl methyl sites for hydroxylation is 1. The van der Waals surface area contributed by atoms with E-state index in [9.17, 15) is 18.0 Å². The number of anilines is 1. The highest BCUT2D eigenvalue weighted by atomic mass is 19.4. The molecule has 0 aliphatic heterocycles. The second kappa shape index (κ2) is 5.92. The molecular weight excluding hydrogens is 319 g/mol. The Bertz CT molecular complexity index is 905. The zero-order valence-electron chi connectivity index (χ0n) is 12.6. The SMILES string of the molecule is Cc1cc2cccnc2cc1C(=O)Nc1ccc(C(F)(F)F)nc1. The Kier molecular flexibility index (Phi) is 3.92. The van der Waals surface area contributed by atoms with E-state index in [-0.39, 0.29) is 5.69 Å². The molecule has 3 rings (SSSR count). The van der Waals surface area contributed by atoms with Gasteiger partial charge in [0.15, 0.2) is 0 Å². The van der Waals surface area contributed by atoms with Gasteiger partial charge in [0.05, 0.1) is 17.4 Å². The summed E-state index contributed by atoms with van der Waals surface area (Å²) in [5, 5.41) is 3.45. The molecule has 1 aromatic carbocycles. The zero-order chi connectivity index (χ0) is 17.3. The highest BCUT2D eigenvalue weighted by molar-refractivity contribution is 6.07. The lowest BCUT2D eigenvalue weighted by Gasteiger charge is -2.10. The van der Waals surface area contributed by atoms with Gasteiger partial charge in [-0.15, -0.1) is 0 Å². The average molecular weight is 331 g/mol. The summed E-state index contributed by atoms with van der Waals surface area (Å²) in [4.78, 5) is 19.9. The Hall–Kier alpha value is -2.96. The number of nitrogens with one attached hydrogen (secondary N) is 1. The predicted molar refractivity (Wildman–Crippen MR) is 83.7 cm³/mol. The normalized spacial score (nSPS) is 11.5. The molecule has 1 N–H and O–H groups in total. The fraction of sp³-hybridized carbons (Fsp3) is 0.118. The van der Waals surface area contributed by atoms with E-state index in [4.69, 9.17) is 0 Å². The first-order valence-electron chi connectivity index (χ1n) is 7.04. The van der Waals surface area contributed by atoms with E-state index < -0.39 is 17.8 Å². The number of nitrogens with zero attached hydrogens (tertiary/aromatic N) is 2. The van der Waals surface area contributed by atoms with Gasteiger partial charge in [-0.3, -0.25) is 9.78 Å². The van der Waals surface area contributed by atoms with Crippen molar-refractivity contribution in [1.29, 1.82) is 0 Å². The molecule has 0 bridgehead atoms. The van der Waals surface area contributed by atoms with Crippen molar-refractivity contribution < 1.29 is 18.0 Å². The first kappa shape index (κ1) is 15.9. The minimum absolute atomic E-state index is 0.188. The summed E-state index contributed by atoms with van der Waals surface area (Å²) in [6.07, 6.45) is -1.91. The number of halogens is 3. The zero-order valence-corrected chi connectivity index (χ0v) is 12.6. The van der Waals surface area contributed by atoms with Gasteiger partial charge in [0, 0.05) is 17.1 Å². The van der Waals surface area contributed by atoms with Crippen LogP contribution in [-0.4, -0.2) is 15.9 Å². The van der Waals surface area contributed by atoms with Crippen LogP contribution in [0, 0.1) is 6.92 Å². The third-order valence-corrected chi connectivity index (χ3v) is 3.51. The molecule has 0 saturated carbocycles. The Balaban J connectivity index is 1.86. The van der Waals surface area contributed by atoms with Gasteiger partial charge < -0.3 is 5.32 Å². The van der Waals surface area contributed by atoms with Crippen LogP contribution in [0.2, 0.25) is 0 Å². The minimum atomic E-state index is -4.51. The highest BCUT2D eigenvalue weighted by Crippen LogP contribution is 2.28. The number of pyridine rings is 2. The summed E-state index contributed by atoms with van der Waals surface area (Å²) < 4.78 is 37.5. The number of amides is 1. The molecule has 0 aliphatic rings. The minimum Gasteiger partial charge on any atom is -0.321 e. The summed E-state index contributed by atoms with van der Waals surface area (Å²) in [7, 11) is 0. The first-order chi connectivity index (χ1) is 11.3. The molecule has 7 heteroatoms. The second-order valence-corrected chi connectivity index (χ2v) is 5.25. The molecule has 4 nitrogen and oxygen atoms in total. The average Bonchev–Trinajstić information content (AvgIpc) is 2.53. The molecule has 1 amide bonds. The van der Waals surface area contributed by atoms with Crippen LogP contribution < -0.4 is 5.32 Å². The van der Waals surface area contributed by atoms with Crippen molar-refractivity contribution in [2.75, 3.05) is 5.32 Å². The standard InChI is InChI=1S/C17H12F3N3O/c1-10-7-11-3-2-6-21-14(11)8-13(10)16(24)23-12-4-5-15(22-9-12)17(18,19)20/h2-9H,1H3,(H,23,24). The van der Waals surface area contributed by atoms with E-state index >= 15 is 0 Å². The van der Waals surface area contributed by atoms with Gasteiger partial charge in [-0.25, -0.2) is 4.98 Å². The number of rotatable bonds is 2. The molecule has 0 fully saturated rings. The fourth-order valence-electron chi connectivity index (χ4n) is 2.31. The van der Waals surface area contributed by atoms with E-state index in [1.54, 1.807) is 25.3 Å². The van der Waals surface area contributed by atoms with Gasteiger partial charge in [0.1, 0.15) is 5.69 Å². The van der Waals surface area contributed by atoms with E-state index in [1.165, 1.54) is 6.07 Å². The van der Waals surface area contributed by atoms with Gasteiger partial charge in [-0.05, 0) is 42.8 Å². The number of aromatic nitrogens is 2. The molecule has 2 heterocycles. The van der Waals surface area contributed by atoms with Crippen molar-refractivity contribution in [3.05, 3.63) is 65.6 Å². The van der Waals surface area contributed by atoms with Crippen LogP contribution in [0.3, 0.4) is 0 Å². The van der Waals surface area contributed by atoms with Crippen LogP contribution in [0.25, 0.3) is 10.9 Å². The molecule has 0 spiro atoms. The third kappa shape index (κ3) is 3.19. The number of hydrogen-bond acceptors (Lipinski definition) is 3. The number of hydrogen-bond donors (Lipinski definition) is 1. The van der Waals surface area contributed by atoms with Gasteiger partial charge in [-0.1, -0.05) is 6.07 Å². The maximum atomic E-state index is 12.5. The number of carbonyl (C=O) groups is 1. The van der Waals surface area contributed by atoms with Gasteiger partial charge in [0.2, 0.25) is 0 Å². The van der Waals surface area contributed by atoms with Crippen LogP contribution in [0.5, 0.6) is 0 Å². The number of fused-ring (bicyclic) bond motifs is 1. The fourth-order valence-corrected chi connectivity index (χ4v) is 2.31. The smallest absolute Gasteiger partial charge is 0.321 e. The van der Waals surface area contributed by atoms with Crippen molar-refractivity contribution in [3.63, 3.8) is 0 Å². The quantitative estimate of drug-likeness (QED) is 0.765. The lowest BCUT2D eigenvalue weighted by atomic mass is 10.0. The Morgan fingerprint density at radius 1 is 1.12 bits per heavy atom. The Morgan fingerprint density at radius 2 is 1.92 bits per heavy atom. The topological polar surface area (TPSA) is 54.9 Å². The summed E-state index contributed by atoms with van der Waals surface area (Å²) >= 11 is 0. The summed E-state index contributed by atoms with van der Waals surface area (Å²) in [5.41, 5.74) is 0.993. The Morgan fingerprint density at radius 3 is 2.58 bits per heavy atom. The first-order valence-corrected chi connectivity index (χ1v) is 7.04. The van der Waals surface area contributed by atoms with Gasteiger partial charge in [-0.2, -0.15) is 13.2 Å². The molecule has 0 aliphatic carbocycles. The largest absolute Gasteiger partial charge is 0.433 e. The molecule has 2 aromatic heterocycles. The number of carbonyl (C=O) groups excluding carboxylic acids is 1. The van der Waals surface area contributed by atoms with E-state index in [0.717, 1.165) is 23.2 Å². The molecule has 3 aromatic rings. The monoisotopic (exact) mass is 331 g/mol. The van der Waals surface area contributed by atoms with Crippen LogP contribution >= 0.6 is 0 Å². The van der Waals surface area contributed by atoms with Crippen LogP contribution in [-0.2, 0) is 6.18 Å². The lowest BCUT2D eigenvalue weighted by molar-refractivity contribution is -0.141. The van der Waals surface area contributed by atoms with Crippen LogP contribution in [0.1, 0.15) is 21.6 Å². The van der Waals surface area contributed by atoms with Gasteiger partial charge in [0.25, 0.3) is 5.91 Å².